The molecule has 0 unspecified atom stereocenters. The molecule has 4 nitrogen and oxygen atoms in total. The lowest BCUT2D eigenvalue weighted by atomic mass is 9.85. The van der Waals surface area contributed by atoms with Gasteiger partial charge in [-0.25, -0.2) is 9.97 Å². The Hall–Kier alpha value is -1.16. The number of anilines is 1. The molecule has 1 saturated carbocycles. The van der Waals surface area contributed by atoms with Crippen molar-refractivity contribution < 1.29 is 0 Å². The van der Waals surface area contributed by atoms with Gasteiger partial charge in [0, 0.05) is 30.9 Å². The molecule has 1 aliphatic carbocycles. The van der Waals surface area contributed by atoms with Crippen LogP contribution >= 0.6 is 0 Å². The van der Waals surface area contributed by atoms with Gasteiger partial charge in [-0.15, -0.1) is 0 Å². The molecular weight excluding hydrogens is 212 g/mol. The average Bonchev–Trinajstić information content (AvgIpc) is 2.76. The third kappa shape index (κ3) is 3.40. The maximum absolute atomic E-state index is 4.21. The monoisotopic (exact) mass is 234 g/mol. The summed E-state index contributed by atoms with van der Waals surface area (Å²) in [5.74, 6) is 0.748. The van der Waals surface area contributed by atoms with Crippen molar-refractivity contribution in [3.63, 3.8) is 0 Å². The highest BCUT2D eigenvalue weighted by atomic mass is 15.1. The third-order valence-electron chi connectivity index (χ3n) is 3.50. The van der Waals surface area contributed by atoms with E-state index in [-0.39, 0.29) is 0 Å². The normalized spacial score (nSPS) is 18.5. The van der Waals surface area contributed by atoms with Gasteiger partial charge in [0.15, 0.2) is 0 Å². The molecule has 1 fully saturated rings. The van der Waals surface area contributed by atoms with E-state index in [0.29, 0.717) is 5.41 Å². The molecule has 1 N–H and O–H groups in total. The largest absolute Gasteiger partial charge is 0.354 e. The standard InChI is InChI=1S/C13H22N4/c1-17(2)11-13(6-3-4-7-13)10-16-12-14-8-5-9-15-12/h5,8-9H,3-4,6-7,10-11H2,1-2H3,(H,14,15,16). The molecular formula is C13H22N4. The number of hydrogen-bond donors (Lipinski definition) is 1. The van der Waals surface area contributed by atoms with Crippen molar-refractivity contribution in [2.45, 2.75) is 25.7 Å². The Morgan fingerprint density at radius 3 is 2.47 bits per heavy atom. The van der Waals surface area contributed by atoms with E-state index in [9.17, 15) is 0 Å². The van der Waals surface area contributed by atoms with Crippen molar-refractivity contribution in [3.8, 4) is 0 Å². The summed E-state index contributed by atoms with van der Waals surface area (Å²) in [5, 5.41) is 3.38. The minimum Gasteiger partial charge on any atom is -0.354 e. The second kappa shape index (κ2) is 5.45. The maximum atomic E-state index is 4.21. The number of aromatic nitrogens is 2. The van der Waals surface area contributed by atoms with Gasteiger partial charge in [-0.05, 0) is 33.0 Å². The van der Waals surface area contributed by atoms with Crippen LogP contribution in [0.1, 0.15) is 25.7 Å². The van der Waals surface area contributed by atoms with E-state index >= 15 is 0 Å². The fraction of sp³-hybridized carbons (Fsp3) is 0.692. The van der Waals surface area contributed by atoms with E-state index in [0.717, 1.165) is 19.0 Å². The summed E-state index contributed by atoms with van der Waals surface area (Å²) >= 11 is 0. The molecule has 0 radical (unpaired) electrons. The summed E-state index contributed by atoms with van der Waals surface area (Å²) in [6, 6.07) is 1.84. The Morgan fingerprint density at radius 2 is 1.88 bits per heavy atom. The lowest BCUT2D eigenvalue weighted by molar-refractivity contribution is 0.215. The molecule has 2 rings (SSSR count). The van der Waals surface area contributed by atoms with E-state index in [1.54, 1.807) is 12.4 Å². The molecule has 0 spiro atoms. The van der Waals surface area contributed by atoms with Crippen LogP contribution in [0.4, 0.5) is 5.95 Å². The lowest BCUT2D eigenvalue weighted by Gasteiger charge is -2.32. The predicted molar refractivity (Wildman–Crippen MR) is 70.0 cm³/mol. The number of nitrogens with one attached hydrogen (secondary N) is 1. The molecule has 1 aromatic heterocycles. The van der Waals surface area contributed by atoms with Crippen LogP contribution in [0.5, 0.6) is 0 Å². The van der Waals surface area contributed by atoms with Gasteiger partial charge in [-0.1, -0.05) is 12.8 Å². The first kappa shape index (κ1) is 12.3. The summed E-state index contributed by atoms with van der Waals surface area (Å²) < 4.78 is 0. The van der Waals surface area contributed by atoms with Gasteiger partial charge < -0.3 is 10.2 Å². The molecule has 1 aromatic rings. The van der Waals surface area contributed by atoms with Crippen LogP contribution in [0.3, 0.4) is 0 Å². The van der Waals surface area contributed by atoms with Crippen LogP contribution in [0.2, 0.25) is 0 Å². The predicted octanol–water partition coefficient (Wildman–Crippen LogP) is 2.01. The molecule has 0 saturated heterocycles. The molecule has 0 atom stereocenters. The van der Waals surface area contributed by atoms with Gasteiger partial charge in [-0.3, -0.25) is 0 Å². The van der Waals surface area contributed by atoms with Crippen LogP contribution in [-0.4, -0.2) is 42.1 Å². The smallest absolute Gasteiger partial charge is 0.222 e. The average molecular weight is 234 g/mol. The van der Waals surface area contributed by atoms with Crippen molar-refractivity contribution in [2.24, 2.45) is 5.41 Å². The van der Waals surface area contributed by atoms with E-state index in [4.69, 9.17) is 0 Å². The minimum absolute atomic E-state index is 0.405. The molecule has 17 heavy (non-hydrogen) atoms. The van der Waals surface area contributed by atoms with Crippen molar-refractivity contribution in [2.75, 3.05) is 32.5 Å². The Kier molecular flexibility index (Phi) is 3.94. The van der Waals surface area contributed by atoms with Gasteiger partial charge in [0.25, 0.3) is 0 Å². The third-order valence-corrected chi connectivity index (χ3v) is 3.50. The van der Waals surface area contributed by atoms with Gasteiger partial charge in [0.2, 0.25) is 5.95 Å². The van der Waals surface area contributed by atoms with Crippen LogP contribution in [-0.2, 0) is 0 Å². The molecule has 1 aliphatic rings. The van der Waals surface area contributed by atoms with Gasteiger partial charge >= 0.3 is 0 Å². The molecule has 1 heterocycles. The minimum atomic E-state index is 0.405. The van der Waals surface area contributed by atoms with Crippen molar-refractivity contribution in [1.29, 1.82) is 0 Å². The quantitative estimate of drug-likeness (QED) is 0.846. The Bertz CT molecular complexity index is 331. The van der Waals surface area contributed by atoms with Crippen LogP contribution in [0.15, 0.2) is 18.5 Å². The van der Waals surface area contributed by atoms with E-state index in [1.807, 2.05) is 6.07 Å². The zero-order chi connectivity index (χ0) is 12.1. The van der Waals surface area contributed by atoms with Crippen LogP contribution < -0.4 is 5.32 Å². The highest BCUT2D eigenvalue weighted by molar-refractivity contribution is 5.23. The first-order valence-electron chi connectivity index (χ1n) is 6.36. The highest BCUT2D eigenvalue weighted by Crippen LogP contribution is 2.38. The van der Waals surface area contributed by atoms with Crippen molar-refractivity contribution in [1.82, 2.24) is 14.9 Å². The van der Waals surface area contributed by atoms with E-state index < -0.39 is 0 Å². The summed E-state index contributed by atoms with van der Waals surface area (Å²) in [5.41, 5.74) is 0.405. The fourth-order valence-corrected chi connectivity index (χ4v) is 2.84. The first-order chi connectivity index (χ1) is 8.20. The molecule has 0 bridgehead atoms. The van der Waals surface area contributed by atoms with Gasteiger partial charge in [0.1, 0.15) is 0 Å². The molecule has 4 heteroatoms. The summed E-state index contributed by atoms with van der Waals surface area (Å²) in [4.78, 5) is 10.7. The molecule has 0 aromatic carbocycles. The topological polar surface area (TPSA) is 41.0 Å². The zero-order valence-electron chi connectivity index (χ0n) is 10.8. The Morgan fingerprint density at radius 1 is 1.24 bits per heavy atom. The van der Waals surface area contributed by atoms with Crippen molar-refractivity contribution >= 4 is 5.95 Å². The Labute approximate surface area is 103 Å². The summed E-state index contributed by atoms with van der Waals surface area (Å²) in [6.07, 6.45) is 8.89. The second-order valence-electron chi connectivity index (χ2n) is 5.37. The Balaban J connectivity index is 1.94. The number of rotatable bonds is 5. The lowest BCUT2D eigenvalue weighted by Crippen LogP contribution is -2.37. The highest BCUT2D eigenvalue weighted by Gasteiger charge is 2.34. The summed E-state index contributed by atoms with van der Waals surface area (Å²) in [6.45, 7) is 2.13. The van der Waals surface area contributed by atoms with Gasteiger partial charge in [0.05, 0.1) is 0 Å². The molecule has 0 amide bonds. The number of nitrogens with zero attached hydrogens (tertiary/aromatic N) is 3. The van der Waals surface area contributed by atoms with Crippen molar-refractivity contribution in [3.05, 3.63) is 18.5 Å². The van der Waals surface area contributed by atoms with Crippen LogP contribution in [0.25, 0.3) is 0 Å². The van der Waals surface area contributed by atoms with E-state index in [2.05, 4.69) is 34.3 Å². The molecule has 94 valence electrons. The second-order valence-corrected chi connectivity index (χ2v) is 5.37. The number of hydrogen-bond acceptors (Lipinski definition) is 4. The van der Waals surface area contributed by atoms with Crippen LogP contribution in [0, 0.1) is 5.41 Å². The van der Waals surface area contributed by atoms with Gasteiger partial charge in [-0.2, -0.15) is 0 Å². The maximum Gasteiger partial charge on any atom is 0.222 e. The SMILES string of the molecule is CN(C)CC1(CNc2ncccn2)CCCC1. The zero-order valence-corrected chi connectivity index (χ0v) is 10.8. The molecule has 0 aliphatic heterocycles. The van der Waals surface area contributed by atoms with E-state index in [1.165, 1.54) is 25.7 Å². The fourth-order valence-electron chi connectivity index (χ4n) is 2.84. The summed E-state index contributed by atoms with van der Waals surface area (Å²) in [7, 11) is 4.30. The first-order valence-corrected chi connectivity index (χ1v) is 6.36.